The van der Waals surface area contributed by atoms with Crippen LogP contribution in [-0.4, -0.2) is 14.7 Å². The number of nitrogens with zero attached hydrogens (tertiary/aromatic N) is 2. The van der Waals surface area contributed by atoms with Crippen molar-refractivity contribution >= 4 is 22.6 Å². The molecule has 1 N–H and O–H groups in total. The quantitative estimate of drug-likeness (QED) is 0.720. The number of benzene rings is 1. The summed E-state index contributed by atoms with van der Waals surface area (Å²) in [5.41, 5.74) is 1.92. The molecule has 0 bridgehead atoms. The molecule has 1 aromatic heterocycles. The summed E-state index contributed by atoms with van der Waals surface area (Å²) in [5.74, 6) is 0.766. The molecule has 1 aromatic carbocycles. The van der Waals surface area contributed by atoms with Gasteiger partial charge in [0.2, 0.25) is 0 Å². The fourth-order valence-electron chi connectivity index (χ4n) is 1.99. The maximum atomic E-state index is 9.64. The van der Waals surface area contributed by atoms with Gasteiger partial charge in [0.1, 0.15) is 11.9 Å². The Labute approximate surface area is 85.9 Å². The van der Waals surface area contributed by atoms with E-state index in [2.05, 4.69) is 9.55 Å². The normalized spacial score (nSPS) is 20.3. The molecule has 72 valence electrons. The van der Waals surface area contributed by atoms with Crippen molar-refractivity contribution in [2.45, 2.75) is 19.1 Å². The molecule has 0 fully saturated rings. The van der Waals surface area contributed by atoms with Crippen molar-refractivity contribution in [3.63, 3.8) is 0 Å². The summed E-state index contributed by atoms with van der Waals surface area (Å²) in [4.78, 5) is 4.36. The van der Waals surface area contributed by atoms with Gasteiger partial charge in [-0.1, -0.05) is 11.6 Å². The average Bonchev–Trinajstić information content (AvgIpc) is 2.66. The van der Waals surface area contributed by atoms with E-state index in [0.717, 1.165) is 29.8 Å². The number of fused-ring (bicyclic) bond motifs is 3. The molecule has 0 saturated heterocycles. The molecule has 0 amide bonds. The molecule has 0 aliphatic carbocycles. The van der Waals surface area contributed by atoms with Crippen molar-refractivity contribution < 1.29 is 5.11 Å². The summed E-state index contributed by atoms with van der Waals surface area (Å²) in [5, 5.41) is 10.3. The Kier molecular flexibility index (Phi) is 1.60. The van der Waals surface area contributed by atoms with Crippen molar-refractivity contribution in [2.24, 2.45) is 0 Å². The molecule has 0 radical (unpaired) electrons. The van der Waals surface area contributed by atoms with E-state index < -0.39 is 6.10 Å². The van der Waals surface area contributed by atoms with Crippen molar-refractivity contribution in [3.8, 4) is 0 Å². The van der Waals surface area contributed by atoms with Crippen molar-refractivity contribution in [3.05, 3.63) is 29.0 Å². The van der Waals surface area contributed by atoms with E-state index in [0.29, 0.717) is 5.02 Å². The van der Waals surface area contributed by atoms with Gasteiger partial charge in [-0.2, -0.15) is 0 Å². The third kappa shape index (κ3) is 0.996. The second kappa shape index (κ2) is 2.72. The van der Waals surface area contributed by atoms with E-state index >= 15 is 0 Å². The van der Waals surface area contributed by atoms with Gasteiger partial charge >= 0.3 is 0 Å². The van der Waals surface area contributed by atoms with E-state index in [9.17, 15) is 5.11 Å². The van der Waals surface area contributed by atoms with Crippen LogP contribution < -0.4 is 0 Å². The van der Waals surface area contributed by atoms with Crippen LogP contribution in [0.2, 0.25) is 5.02 Å². The Morgan fingerprint density at radius 1 is 1.50 bits per heavy atom. The molecular formula is C10H9ClN2O. The average molecular weight is 209 g/mol. The number of aliphatic hydroxyl groups is 1. The van der Waals surface area contributed by atoms with Crippen molar-refractivity contribution in [1.29, 1.82) is 0 Å². The Morgan fingerprint density at radius 2 is 2.36 bits per heavy atom. The summed E-state index contributed by atoms with van der Waals surface area (Å²) in [7, 11) is 0. The van der Waals surface area contributed by atoms with Crippen LogP contribution in [0.4, 0.5) is 0 Å². The van der Waals surface area contributed by atoms with Crippen molar-refractivity contribution in [1.82, 2.24) is 9.55 Å². The van der Waals surface area contributed by atoms with E-state index in [-0.39, 0.29) is 0 Å². The Balaban J connectivity index is 2.34. The number of aromatic nitrogens is 2. The van der Waals surface area contributed by atoms with Crippen LogP contribution in [0.15, 0.2) is 18.2 Å². The molecule has 3 rings (SSSR count). The monoisotopic (exact) mass is 208 g/mol. The summed E-state index contributed by atoms with van der Waals surface area (Å²) >= 11 is 5.87. The minimum atomic E-state index is -0.416. The van der Waals surface area contributed by atoms with Gasteiger partial charge in [0.05, 0.1) is 11.0 Å². The Hall–Kier alpha value is -1.06. The largest absolute Gasteiger partial charge is 0.385 e. The van der Waals surface area contributed by atoms with Crippen LogP contribution in [0.5, 0.6) is 0 Å². The third-order valence-electron chi connectivity index (χ3n) is 2.66. The van der Waals surface area contributed by atoms with Gasteiger partial charge in [0, 0.05) is 11.6 Å². The molecular weight excluding hydrogens is 200 g/mol. The molecule has 2 heterocycles. The highest BCUT2D eigenvalue weighted by Crippen LogP contribution is 2.30. The standard InChI is InChI=1S/C10H9ClN2O/c11-6-1-2-8-7(5-6)12-10-9(14)3-4-13(8)10/h1-2,5,9,14H,3-4H2. The number of imidazole rings is 1. The van der Waals surface area contributed by atoms with Gasteiger partial charge in [-0.05, 0) is 24.6 Å². The van der Waals surface area contributed by atoms with Crippen LogP contribution >= 0.6 is 11.6 Å². The van der Waals surface area contributed by atoms with Crippen LogP contribution in [-0.2, 0) is 6.54 Å². The first-order chi connectivity index (χ1) is 6.75. The second-order valence-corrected chi connectivity index (χ2v) is 4.00. The molecule has 2 aromatic rings. The molecule has 0 saturated carbocycles. The number of aryl methyl sites for hydroxylation is 1. The lowest BCUT2D eigenvalue weighted by Gasteiger charge is -1.96. The summed E-state index contributed by atoms with van der Waals surface area (Å²) in [6, 6.07) is 5.63. The topological polar surface area (TPSA) is 38.0 Å². The molecule has 1 aliphatic heterocycles. The first kappa shape index (κ1) is 8.26. The lowest BCUT2D eigenvalue weighted by Crippen LogP contribution is -1.93. The third-order valence-corrected chi connectivity index (χ3v) is 2.90. The SMILES string of the molecule is OC1CCn2c1nc1cc(Cl)ccc12. The number of aliphatic hydroxyl groups excluding tert-OH is 1. The number of halogens is 1. The first-order valence-corrected chi connectivity index (χ1v) is 4.97. The van der Waals surface area contributed by atoms with Crippen LogP contribution in [0.3, 0.4) is 0 Å². The zero-order chi connectivity index (χ0) is 9.71. The minimum Gasteiger partial charge on any atom is -0.385 e. The molecule has 14 heavy (non-hydrogen) atoms. The van der Waals surface area contributed by atoms with E-state index in [1.165, 1.54) is 0 Å². The highest BCUT2D eigenvalue weighted by Gasteiger charge is 2.24. The van der Waals surface area contributed by atoms with Gasteiger partial charge < -0.3 is 9.67 Å². The van der Waals surface area contributed by atoms with Crippen LogP contribution in [0, 0.1) is 0 Å². The molecule has 1 atom stereocenters. The predicted octanol–water partition coefficient (Wildman–Crippen LogP) is 2.13. The highest BCUT2D eigenvalue weighted by molar-refractivity contribution is 6.31. The maximum Gasteiger partial charge on any atom is 0.138 e. The maximum absolute atomic E-state index is 9.64. The Morgan fingerprint density at radius 3 is 3.21 bits per heavy atom. The number of rotatable bonds is 0. The Bertz CT molecular complexity index is 506. The van der Waals surface area contributed by atoms with Gasteiger partial charge in [0.25, 0.3) is 0 Å². The smallest absolute Gasteiger partial charge is 0.138 e. The first-order valence-electron chi connectivity index (χ1n) is 4.59. The van der Waals surface area contributed by atoms with Crippen molar-refractivity contribution in [2.75, 3.05) is 0 Å². The van der Waals surface area contributed by atoms with Crippen LogP contribution in [0.25, 0.3) is 11.0 Å². The van der Waals surface area contributed by atoms with Gasteiger partial charge in [-0.3, -0.25) is 0 Å². The number of hydrogen-bond donors (Lipinski definition) is 1. The lowest BCUT2D eigenvalue weighted by atomic mass is 10.3. The predicted molar refractivity (Wildman–Crippen MR) is 54.3 cm³/mol. The van der Waals surface area contributed by atoms with E-state index in [4.69, 9.17) is 11.6 Å². The van der Waals surface area contributed by atoms with Crippen LogP contribution in [0.1, 0.15) is 18.3 Å². The van der Waals surface area contributed by atoms with E-state index in [1.807, 2.05) is 18.2 Å². The lowest BCUT2D eigenvalue weighted by molar-refractivity contribution is 0.176. The van der Waals surface area contributed by atoms with Gasteiger partial charge in [0.15, 0.2) is 0 Å². The molecule has 1 aliphatic rings. The fraction of sp³-hybridized carbons (Fsp3) is 0.300. The zero-order valence-corrected chi connectivity index (χ0v) is 8.20. The molecule has 0 spiro atoms. The van der Waals surface area contributed by atoms with Gasteiger partial charge in [-0.25, -0.2) is 4.98 Å². The number of hydrogen-bond acceptors (Lipinski definition) is 2. The second-order valence-electron chi connectivity index (χ2n) is 3.56. The highest BCUT2D eigenvalue weighted by atomic mass is 35.5. The fourth-order valence-corrected chi connectivity index (χ4v) is 2.16. The summed E-state index contributed by atoms with van der Waals surface area (Å²) < 4.78 is 2.05. The zero-order valence-electron chi connectivity index (χ0n) is 7.44. The summed E-state index contributed by atoms with van der Waals surface area (Å²) in [6.07, 6.45) is 0.349. The van der Waals surface area contributed by atoms with E-state index in [1.54, 1.807) is 0 Å². The molecule has 4 heteroatoms. The molecule has 3 nitrogen and oxygen atoms in total. The van der Waals surface area contributed by atoms with Gasteiger partial charge in [-0.15, -0.1) is 0 Å². The summed E-state index contributed by atoms with van der Waals surface area (Å²) in [6.45, 7) is 0.842. The minimum absolute atomic E-state index is 0.416. The molecule has 1 unspecified atom stereocenters.